The Hall–Kier alpha value is -3.87. The zero-order valence-electron chi connectivity index (χ0n) is 15.8. The Kier molecular flexibility index (Phi) is 3.61. The number of anilines is 1. The normalized spacial score (nSPS) is 13.0. The van der Waals surface area contributed by atoms with Crippen LogP contribution in [0.5, 0.6) is 11.8 Å². The summed E-state index contributed by atoms with van der Waals surface area (Å²) < 4.78 is 21.7. The van der Waals surface area contributed by atoms with Gasteiger partial charge < -0.3 is 15.6 Å². The van der Waals surface area contributed by atoms with Crippen molar-refractivity contribution in [1.29, 1.82) is 0 Å². The minimum absolute atomic E-state index is 0.00988. The molecule has 3 N–H and O–H groups in total. The summed E-state index contributed by atoms with van der Waals surface area (Å²) in [7, 11) is 1.53. The van der Waals surface area contributed by atoms with Gasteiger partial charge in [-0.1, -0.05) is 6.08 Å². The van der Waals surface area contributed by atoms with E-state index in [1.807, 2.05) is 25.2 Å². The van der Waals surface area contributed by atoms with Crippen LogP contribution in [-0.4, -0.2) is 26.8 Å². The van der Waals surface area contributed by atoms with Crippen molar-refractivity contribution < 1.29 is 14.2 Å². The molecule has 0 bridgehead atoms. The number of aromatic nitrogens is 3. The molecule has 3 heterocycles. The lowest BCUT2D eigenvalue weighted by Gasteiger charge is -2.13. The number of allylic oxidation sites excluding steroid dienone is 4. The molecule has 0 saturated carbocycles. The predicted octanol–water partition coefficient (Wildman–Crippen LogP) is 4.41. The van der Waals surface area contributed by atoms with Crippen molar-refractivity contribution in [3.8, 4) is 22.9 Å². The Balaban J connectivity index is 1.84. The molecule has 29 heavy (non-hydrogen) atoms. The molecule has 0 unspecified atom stereocenters. The largest absolute Gasteiger partial charge is 0.494 e. The third-order valence-electron chi connectivity index (χ3n) is 5.25. The zero-order valence-corrected chi connectivity index (χ0v) is 15.8. The quantitative estimate of drug-likeness (QED) is 0.543. The van der Waals surface area contributed by atoms with Gasteiger partial charge >= 0.3 is 0 Å². The lowest BCUT2D eigenvalue weighted by molar-refractivity contribution is 0.397. The fourth-order valence-corrected chi connectivity index (χ4v) is 3.68. The number of benzene rings is 1. The highest BCUT2D eigenvalue weighted by Gasteiger charge is 2.21. The van der Waals surface area contributed by atoms with Crippen molar-refractivity contribution in [3.63, 3.8) is 0 Å². The van der Waals surface area contributed by atoms with Gasteiger partial charge in [-0.05, 0) is 36.8 Å². The summed E-state index contributed by atoms with van der Waals surface area (Å²) in [5.74, 6) is 0.0355. The highest BCUT2D eigenvalue weighted by atomic mass is 19.1. The van der Waals surface area contributed by atoms with E-state index >= 15 is 0 Å². The minimum atomic E-state index is -0.424. The van der Waals surface area contributed by atoms with Crippen molar-refractivity contribution in [1.82, 2.24) is 14.5 Å². The number of hydrogen-bond acceptors (Lipinski definition) is 5. The minimum Gasteiger partial charge on any atom is -0.494 e. The number of fused-ring (bicyclic) bond motifs is 2. The molecule has 0 amide bonds. The number of hydrogen-bond donors (Lipinski definition) is 2. The number of halogens is 1. The van der Waals surface area contributed by atoms with E-state index in [2.05, 4.69) is 9.97 Å². The van der Waals surface area contributed by atoms with Crippen molar-refractivity contribution in [2.24, 2.45) is 0 Å². The van der Waals surface area contributed by atoms with E-state index in [0.717, 1.165) is 11.3 Å². The van der Waals surface area contributed by atoms with Crippen LogP contribution in [-0.2, 0) is 0 Å². The molecular formula is C22H17FN4O2. The van der Waals surface area contributed by atoms with Crippen molar-refractivity contribution in [2.45, 2.75) is 6.92 Å². The average molecular weight is 388 g/mol. The number of rotatable bonds is 3. The monoisotopic (exact) mass is 388 g/mol. The van der Waals surface area contributed by atoms with E-state index in [1.165, 1.54) is 13.2 Å². The van der Waals surface area contributed by atoms with Crippen LogP contribution in [0.15, 0.2) is 48.8 Å². The second-order valence-corrected chi connectivity index (χ2v) is 6.92. The van der Waals surface area contributed by atoms with Crippen LogP contribution in [0.25, 0.3) is 38.6 Å². The molecule has 1 aliphatic rings. The topological polar surface area (TPSA) is 86.2 Å². The fourth-order valence-electron chi connectivity index (χ4n) is 3.68. The maximum absolute atomic E-state index is 15.0. The first-order valence-corrected chi connectivity index (χ1v) is 9.01. The number of nitrogen functional groups attached to an aromatic ring is 1. The van der Waals surface area contributed by atoms with Gasteiger partial charge in [0, 0.05) is 40.7 Å². The van der Waals surface area contributed by atoms with E-state index in [4.69, 9.17) is 10.5 Å². The number of aromatic hydroxyl groups is 1. The summed E-state index contributed by atoms with van der Waals surface area (Å²) in [6.07, 6.45) is 8.88. The van der Waals surface area contributed by atoms with Crippen LogP contribution >= 0.6 is 0 Å². The molecule has 5 rings (SSSR count). The first-order valence-electron chi connectivity index (χ1n) is 9.01. The Morgan fingerprint density at radius 1 is 1.28 bits per heavy atom. The summed E-state index contributed by atoms with van der Waals surface area (Å²) >= 11 is 0. The van der Waals surface area contributed by atoms with E-state index in [0.29, 0.717) is 44.5 Å². The number of nitrogens with zero attached hydrogens (tertiary/aromatic N) is 3. The fraction of sp³-hybridized carbons (Fsp3) is 0.0909. The molecule has 0 aliphatic heterocycles. The maximum atomic E-state index is 15.0. The lowest BCUT2D eigenvalue weighted by Crippen LogP contribution is -1.98. The molecule has 0 saturated heterocycles. The van der Waals surface area contributed by atoms with Gasteiger partial charge in [-0.3, -0.25) is 4.57 Å². The average Bonchev–Trinajstić information content (AvgIpc) is 2.97. The summed E-state index contributed by atoms with van der Waals surface area (Å²) in [6, 6.07) is 4.69. The lowest BCUT2D eigenvalue weighted by atomic mass is 9.98. The molecule has 7 heteroatoms. The summed E-state index contributed by atoms with van der Waals surface area (Å²) in [4.78, 5) is 8.89. The number of methoxy groups -OCH3 is 1. The van der Waals surface area contributed by atoms with Crippen LogP contribution in [0.3, 0.4) is 0 Å². The molecule has 1 aliphatic carbocycles. The van der Waals surface area contributed by atoms with Gasteiger partial charge in [0.1, 0.15) is 5.82 Å². The Labute approximate surface area is 165 Å². The van der Waals surface area contributed by atoms with E-state index < -0.39 is 5.82 Å². The first kappa shape index (κ1) is 17.2. The van der Waals surface area contributed by atoms with Gasteiger partial charge in [0.15, 0.2) is 0 Å². The van der Waals surface area contributed by atoms with E-state index in [-0.39, 0.29) is 5.88 Å². The van der Waals surface area contributed by atoms with Crippen LogP contribution < -0.4 is 10.5 Å². The number of aryl methyl sites for hydroxylation is 1. The van der Waals surface area contributed by atoms with Crippen molar-refractivity contribution >= 4 is 33.2 Å². The number of nitrogens with two attached hydrogens (primary N) is 1. The van der Waals surface area contributed by atoms with Crippen molar-refractivity contribution in [3.05, 3.63) is 60.2 Å². The van der Waals surface area contributed by atoms with E-state index in [9.17, 15) is 9.50 Å². The summed E-state index contributed by atoms with van der Waals surface area (Å²) in [6.45, 7) is 1.86. The maximum Gasteiger partial charge on any atom is 0.213 e. The van der Waals surface area contributed by atoms with Gasteiger partial charge in [0.2, 0.25) is 11.8 Å². The molecule has 0 spiro atoms. The third-order valence-corrected chi connectivity index (χ3v) is 5.25. The number of ether oxygens (including phenoxy) is 1. The third kappa shape index (κ3) is 2.40. The molecule has 0 fully saturated rings. The van der Waals surface area contributed by atoms with Gasteiger partial charge in [0.05, 0.1) is 29.2 Å². The Morgan fingerprint density at radius 3 is 2.72 bits per heavy atom. The molecule has 6 nitrogen and oxygen atoms in total. The first-order chi connectivity index (χ1) is 14.0. The molecule has 3 aromatic heterocycles. The molecule has 1 aromatic carbocycles. The van der Waals surface area contributed by atoms with Crippen LogP contribution in [0.1, 0.15) is 5.56 Å². The second-order valence-electron chi connectivity index (χ2n) is 6.92. The van der Waals surface area contributed by atoms with Crippen LogP contribution in [0.2, 0.25) is 0 Å². The molecular weight excluding hydrogens is 371 g/mol. The summed E-state index contributed by atoms with van der Waals surface area (Å²) in [5, 5.41) is 11.7. The standard InChI is InChI=1S/C22H17FN4O2/c1-11-8-17(29-2)25-9-14(11)18-15(23)7-6-13-20(24)19-16(26-21(13)18)10-27(22(19)28)12-4-3-5-12/h3-10,28H,24H2,1-2H3. The van der Waals surface area contributed by atoms with Gasteiger partial charge in [0.25, 0.3) is 0 Å². The van der Waals surface area contributed by atoms with E-state index in [1.54, 1.807) is 29.1 Å². The highest BCUT2D eigenvalue weighted by molar-refractivity contribution is 6.12. The van der Waals surface area contributed by atoms with Gasteiger partial charge in [-0.25, -0.2) is 14.4 Å². The summed E-state index contributed by atoms with van der Waals surface area (Å²) in [5.41, 5.74) is 10.2. The molecule has 0 atom stereocenters. The van der Waals surface area contributed by atoms with Gasteiger partial charge in [-0.2, -0.15) is 0 Å². The SMILES string of the molecule is COc1cc(C)c(-c2c(F)ccc3c(N)c4c(O)n(C5=CC=C5)cc4nc23)cn1. The highest BCUT2D eigenvalue weighted by Crippen LogP contribution is 2.41. The van der Waals surface area contributed by atoms with Crippen molar-refractivity contribution in [2.75, 3.05) is 12.8 Å². The van der Waals surface area contributed by atoms with Crippen LogP contribution in [0, 0.1) is 12.7 Å². The van der Waals surface area contributed by atoms with Crippen LogP contribution in [0.4, 0.5) is 10.1 Å². The molecule has 4 aromatic rings. The zero-order chi connectivity index (χ0) is 20.3. The molecule has 144 valence electrons. The smallest absolute Gasteiger partial charge is 0.213 e. The molecule has 0 radical (unpaired) electrons. The Bertz CT molecular complexity index is 1390. The Morgan fingerprint density at radius 2 is 2.07 bits per heavy atom. The van der Waals surface area contributed by atoms with Gasteiger partial charge in [-0.15, -0.1) is 0 Å². The number of pyridine rings is 2. The second kappa shape index (κ2) is 6.07. The predicted molar refractivity (Wildman–Crippen MR) is 111 cm³/mol.